The van der Waals surface area contributed by atoms with Gasteiger partial charge in [-0.2, -0.15) is 0 Å². The first kappa shape index (κ1) is 25.2. The topological polar surface area (TPSA) is 119 Å². The van der Waals surface area contributed by atoms with Crippen molar-refractivity contribution in [3.8, 4) is 5.75 Å². The number of anilines is 1. The monoisotopic (exact) mass is 509 g/mol. The van der Waals surface area contributed by atoms with Gasteiger partial charge in [-0.1, -0.05) is 30.3 Å². The number of carbonyl (C=O) groups is 1. The number of nitro groups is 1. The Balaban J connectivity index is 1.65. The van der Waals surface area contributed by atoms with Crippen molar-refractivity contribution in [2.24, 2.45) is 0 Å². The van der Waals surface area contributed by atoms with Crippen molar-refractivity contribution in [3.63, 3.8) is 0 Å². The first-order valence-corrected chi connectivity index (χ1v) is 12.8. The number of rotatable bonds is 7. The number of amides is 1. The summed E-state index contributed by atoms with van der Waals surface area (Å²) in [4.78, 5) is 23.8. The van der Waals surface area contributed by atoms with Gasteiger partial charge < -0.3 is 10.1 Å². The second-order valence-electron chi connectivity index (χ2n) is 9.33. The minimum absolute atomic E-state index is 0.00386. The third-order valence-electron chi connectivity index (χ3n) is 5.93. The molecule has 9 nitrogen and oxygen atoms in total. The SMILES string of the molecule is Cc1ccc2c(c1)OC(C)(C)CC2NC(=O)CN(c1ccc([N+](=O)[O-])cc1)S(=O)(=O)c1ccccc1. The second-order valence-corrected chi connectivity index (χ2v) is 11.2. The Labute approximate surface area is 209 Å². The molecule has 4 rings (SSSR count). The summed E-state index contributed by atoms with van der Waals surface area (Å²) in [7, 11) is -4.13. The Hall–Kier alpha value is -3.92. The smallest absolute Gasteiger partial charge is 0.269 e. The molecule has 1 N–H and O–H groups in total. The third-order valence-corrected chi connectivity index (χ3v) is 7.72. The lowest BCUT2D eigenvalue weighted by Gasteiger charge is -2.38. The molecule has 3 aromatic carbocycles. The molecule has 1 atom stereocenters. The maximum Gasteiger partial charge on any atom is 0.269 e. The van der Waals surface area contributed by atoms with E-state index in [2.05, 4.69) is 5.32 Å². The molecule has 0 spiro atoms. The number of nitrogens with zero attached hydrogens (tertiary/aromatic N) is 2. The number of ether oxygens (including phenoxy) is 1. The number of sulfonamides is 1. The molecule has 0 aromatic heterocycles. The normalized spacial score (nSPS) is 16.4. The summed E-state index contributed by atoms with van der Waals surface area (Å²) in [6.45, 7) is 5.31. The van der Waals surface area contributed by atoms with Gasteiger partial charge in [0, 0.05) is 24.1 Å². The molecule has 1 unspecified atom stereocenters. The van der Waals surface area contributed by atoms with Crippen LogP contribution in [0.3, 0.4) is 0 Å². The zero-order chi connectivity index (χ0) is 26.1. The summed E-state index contributed by atoms with van der Waals surface area (Å²) in [5.41, 5.74) is 1.27. The number of nitro benzene ring substituents is 1. The van der Waals surface area contributed by atoms with Gasteiger partial charge in [-0.3, -0.25) is 19.2 Å². The van der Waals surface area contributed by atoms with E-state index in [1.54, 1.807) is 18.2 Å². The quantitative estimate of drug-likeness (QED) is 0.370. The molecule has 0 saturated carbocycles. The number of hydrogen-bond acceptors (Lipinski definition) is 6. The van der Waals surface area contributed by atoms with Gasteiger partial charge in [0.15, 0.2) is 0 Å². The zero-order valence-corrected chi connectivity index (χ0v) is 21.0. The van der Waals surface area contributed by atoms with Crippen molar-refractivity contribution in [2.75, 3.05) is 10.8 Å². The van der Waals surface area contributed by atoms with Gasteiger partial charge in [0.1, 0.15) is 17.9 Å². The molecule has 1 heterocycles. The largest absolute Gasteiger partial charge is 0.487 e. The molecule has 36 heavy (non-hydrogen) atoms. The highest BCUT2D eigenvalue weighted by Crippen LogP contribution is 2.40. The molecule has 0 bridgehead atoms. The van der Waals surface area contributed by atoms with Crippen molar-refractivity contribution in [1.29, 1.82) is 0 Å². The van der Waals surface area contributed by atoms with Crippen molar-refractivity contribution in [2.45, 2.75) is 43.7 Å². The average Bonchev–Trinajstić information content (AvgIpc) is 2.82. The standard InChI is InChI=1S/C26H27N3O6S/c1-18-9-14-22-23(16-26(2,3)35-24(22)15-18)27-25(30)17-28(19-10-12-20(13-11-19)29(31)32)36(33,34)21-7-5-4-6-8-21/h4-15,23H,16-17H2,1-3H3,(H,27,30). The minimum atomic E-state index is -4.13. The summed E-state index contributed by atoms with van der Waals surface area (Å²) >= 11 is 0. The number of benzene rings is 3. The molecular formula is C26H27N3O6S. The molecule has 1 aliphatic rings. The third kappa shape index (κ3) is 5.33. The fourth-order valence-corrected chi connectivity index (χ4v) is 5.68. The molecule has 1 amide bonds. The van der Waals surface area contributed by atoms with Crippen molar-refractivity contribution in [3.05, 3.63) is 94.0 Å². The number of nitrogens with one attached hydrogen (secondary N) is 1. The molecule has 10 heteroatoms. The maximum atomic E-state index is 13.5. The van der Waals surface area contributed by atoms with Gasteiger partial charge in [-0.25, -0.2) is 8.42 Å². The molecule has 3 aromatic rings. The van der Waals surface area contributed by atoms with Crippen LogP contribution in [0.15, 0.2) is 77.7 Å². The molecule has 0 aliphatic carbocycles. The van der Waals surface area contributed by atoms with Gasteiger partial charge in [0.2, 0.25) is 5.91 Å². The molecule has 0 radical (unpaired) electrons. The van der Waals surface area contributed by atoms with Gasteiger partial charge in [0.25, 0.3) is 15.7 Å². The highest BCUT2D eigenvalue weighted by atomic mass is 32.2. The predicted molar refractivity (Wildman–Crippen MR) is 135 cm³/mol. The Bertz CT molecular complexity index is 1390. The Morgan fingerprint density at radius 3 is 2.42 bits per heavy atom. The van der Waals surface area contributed by atoms with Crippen LogP contribution in [0.25, 0.3) is 0 Å². The number of aryl methyl sites for hydroxylation is 1. The first-order chi connectivity index (χ1) is 17.0. The molecule has 188 valence electrons. The van der Waals surface area contributed by atoms with E-state index in [9.17, 15) is 23.3 Å². The van der Waals surface area contributed by atoms with E-state index in [0.717, 1.165) is 15.4 Å². The van der Waals surface area contributed by atoms with Crippen LogP contribution < -0.4 is 14.4 Å². The van der Waals surface area contributed by atoms with Gasteiger partial charge in [-0.05, 0) is 56.7 Å². The highest BCUT2D eigenvalue weighted by Gasteiger charge is 2.35. The molecule has 0 saturated heterocycles. The van der Waals surface area contributed by atoms with Crippen LogP contribution >= 0.6 is 0 Å². The van der Waals surface area contributed by atoms with Crippen LogP contribution in [0.1, 0.15) is 37.4 Å². The average molecular weight is 510 g/mol. The summed E-state index contributed by atoms with van der Waals surface area (Å²) in [5, 5.41) is 14.0. The maximum absolute atomic E-state index is 13.5. The van der Waals surface area contributed by atoms with E-state index >= 15 is 0 Å². The van der Waals surface area contributed by atoms with Crippen molar-refractivity contribution in [1.82, 2.24) is 5.32 Å². The van der Waals surface area contributed by atoms with E-state index in [1.807, 2.05) is 39.0 Å². The lowest BCUT2D eigenvalue weighted by atomic mass is 9.89. The van der Waals surface area contributed by atoms with Gasteiger partial charge in [-0.15, -0.1) is 0 Å². The Morgan fingerprint density at radius 2 is 1.78 bits per heavy atom. The van der Waals surface area contributed by atoms with Gasteiger partial charge >= 0.3 is 0 Å². The second kappa shape index (κ2) is 9.62. The summed E-state index contributed by atoms with van der Waals surface area (Å²) in [6, 6.07) is 18.2. The highest BCUT2D eigenvalue weighted by molar-refractivity contribution is 7.92. The number of hydrogen-bond donors (Lipinski definition) is 1. The van der Waals surface area contributed by atoms with E-state index in [1.165, 1.54) is 36.4 Å². The number of non-ortho nitro benzene ring substituents is 1. The fourth-order valence-electron chi connectivity index (χ4n) is 4.23. The Morgan fingerprint density at radius 1 is 1.11 bits per heavy atom. The van der Waals surface area contributed by atoms with Crippen molar-refractivity contribution >= 4 is 27.3 Å². The number of fused-ring (bicyclic) bond motifs is 1. The summed E-state index contributed by atoms with van der Waals surface area (Å²) < 4.78 is 34.1. The van der Waals surface area contributed by atoms with E-state index in [-0.39, 0.29) is 22.3 Å². The lowest BCUT2D eigenvalue weighted by Crippen LogP contribution is -2.45. The summed E-state index contributed by atoms with van der Waals surface area (Å²) in [6.07, 6.45) is 0.498. The van der Waals surface area contributed by atoms with Crippen molar-refractivity contribution < 1.29 is 22.9 Å². The van der Waals surface area contributed by atoms with E-state index in [4.69, 9.17) is 4.74 Å². The predicted octanol–water partition coefficient (Wildman–Crippen LogP) is 4.52. The van der Waals surface area contributed by atoms with Crippen LogP contribution in [-0.4, -0.2) is 31.4 Å². The lowest BCUT2D eigenvalue weighted by molar-refractivity contribution is -0.384. The summed E-state index contributed by atoms with van der Waals surface area (Å²) in [5.74, 6) is 0.169. The minimum Gasteiger partial charge on any atom is -0.487 e. The van der Waals surface area contributed by atoms with Crippen LogP contribution in [0.4, 0.5) is 11.4 Å². The van der Waals surface area contributed by atoms with E-state index in [0.29, 0.717) is 12.2 Å². The van der Waals surface area contributed by atoms with Crippen LogP contribution in [0.5, 0.6) is 5.75 Å². The first-order valence-electron chi connectivity index (χ1n) is 11.4. The Kier molecular flexibility index (Phi) is 6.73. The fraction of sp³-hybridized carbons (Fsp3) is 0.269. The molecule has 0 fully saturated rings. The zero-order valence-electron chi connectivity index (χ0n) is 20.2. The van der Waals surface area contributed by atoms with Crippen LogP contribution in [-0.2, 0) is 14.8 Å². The molecular weight excluding hydrogens is 482 g/mol. The van der Waals surface area contributed by atoms with Crippen LogP contribution in [0.2, 0.25) is 0 Å². The van der Waals surface area contributed by atoms with Crippen LogP contribution in [0, 0.1) is 17.0 Å². The number of carbonyl (C=O) groups excluding carboxylic acids is 1. The molecule has 1 aliphatic heterocycles. The van der Waals surface area contributed by atoms with E-state index < -0.39 is 33.0 Å². The van der Waals surface area contributed by atoms with Gasteiger partial charge in [0.05, 0.1) is 21.5 Å².